The molecule has 2 unspecified atom stereocenters. The Balaban J connectivity index is 2.43. The van der Waals surface area contributed by atoms with Crippen molar-refractivity contribution in [1.82, 2.24) is 0 Å². The van der Waals surface area contributed by atoms with E-state index >= 15 is 0 Å². The van der Waals surface area contributed by atoms with Gasteiger partial charge in [-0.3, -0.25) is 8.42 Å². The largest absolute Gasteiger partial charge is 0.766 e. The minimum absolute atomic E-state index is 0.0959. The lowest BCUT2D eigenvalue weighted by Gasteiger charge is -2.19. The van der Waals surface area contributed by atoms with E-state index in [1.54, 1.807) is 24.3 Å². The summed E-state index contributed by atoms with van der Waals surface area (Å²) in [4.78, 5) is 0.192. The van der Waals surface area contributed by atoms with Crippen molar-refractivity contribution in [3.63, 3.8) is 0 Å². The minimum atomic E-state index is -3.76. The van der Waals surface area contributed by atoms with Crippen molar-refractivity contribution in [1.29, 1.82) is 0 Å². The molecular weight excluding hydrogens is 384 g/mol. The summed E-state index contributed by atoms with van der Waals surface area (Å²) in [6, 6.07) is 9.89. The van der Waals surface area contributed by atoms with Crippen LogP contribution in [0.1, 0.15) is 22.3 Å². The first kappa shape index (κ1) is 19.4. The summed E-state index contributed by atoms with van der Waals surface area (Å²) < 4.78 is 47.0. The lowest BCUT2D eigenvalue weighted by Crippen LogP contribution is -2.07. The van der Waals surface area contributed by atoms with Crippen LogP contribution < -0.4 is 0 Å². The Morgan fingerprint density at radius 1 is 0.792 bits per heavy atom. The highest BCUT2D eigenvalue weighted by atomic mass is 32.8. The van der Waals surface area contributed by atoms with E-state index in [4.69, 9.17) is 0 Å². The van der Waals surface area contributed by atoms with Gasteiger partial charge in [-0.25, -0.2) is 0 Å². The van der Waals surface area contributed by atoms with Crippen LogP contribution in [0, 0.1) is 13.8 Å². The fourth-order valence-electron chi connectivity index (χ4n) is 2.56. The van der Waals surface area contributed by atoms with E-state index in [1.165, 1.54) is 12.1 Å². The third-order valence-electron chi connectivity index (χ3n) is 3.63. The second kappa shape index (κ2) is 7.15. The molecule has 24 heavy (non-hydrogen) atoms. The van der Waals surface area contributed by atoms with Crippen LogP contribution in [-0.4, -0.2) is 17.5 Å². The van der Waals surface area contributed by atoms with Crippen LogP contribution in [-0.2, 0) is 52.8 Å². The highest BCUT2D eigenvalue weighted by Crippen LogP contribution is 2.23. The van der Waals surface area contributed by atoms with E-state index < -0.39 is 17.5 Å². The molecule has 2 aromatic carbocycles. The molecule has 2 rings (SSSR count). The zero-order valence-corrected chi connectivity index (χ0v) is 16.4. The quantitative estimate of drug-likeness (QED) is 0.767. The van der Waals surface area contributed by atoms with Crippen LogP contribution >= 0.6 is 0 Å². The minimum Gasteiger partial charge on any atom is -0.766 e. The van der Waals surface area contributed by atoms with Gasteiger partial charge >= 0.3 is 0 Å². The highest BCUT2D eigenvalue weighted by molar-refractivity contribution is 8.30. The van der Waals surface area contributed by atoms with E-state index in [0.29, 0.717) is 24.0 Å². The molecule has 0 N–H and O–H groups in total. The maximum absolute atomic E-state index is 11.8. The van der Waals surface area contributed by atoms with Gasteiger partial charge in [0.15, 0.2) is 0 Å². The Morgan fingerprint density at radius 3 is 1.42 bits per heavy atom. The van der Waals surface area contributed by atoms with Crippen molar-refractivity contribution >= 4 is 39.9 Å². The summed E-state index contributed by atoms with van der Waals surface area (Å²) in [5.41, 5.74) is 2.99. The molecule has 0 aliphatic rings. The second-order valence-corrected chi connectivity index (χ2v) is 11.0. The van der Waals surface area contributed by atoms with E-state index in [0.717, 1.165) is 11.1 Å². The van der Waals surface area contributed by atoms with Crippen LogP contribution in [0.25, 0.3) is 0 Å². The third kappa shape index (κ3) is 4.81. The standard InChI is InChI=1S/C16H18O4S4/c1-11-3-7-15(23(17,18)21)13(9-11)5-6-14-10-12(2)4-8-16(14)24(19,20)22/h3-4,7-10H,5-6H2,1-2H3,(H,17,18,21)(H,19,20,22)/p-2. The predicted octanol–water partition coefficient (Wildman–Crippen LogP) is 2.56. The Morgan fingerprint density at radius 2 is 1.12 bits per heavy atom. The van der Waals surface area contributed by atoms with Crippen molar-refractivity contribution in [3.05, 3.63) is 58.7 Å². The van der Waals surface area contributed by atoms with Crippen molar-refractivity contribution < 1.29 is 17.5 Å². The summed E-state index contributed by atoms with van der Waals surface area (Å²) in [6.45, 7) is 3.71. The summed E-state index contributed by atoms with van der Waals surface area (Å²) in [5, 5.41) is 0. The van der Waals surface area contributed by atoms with Gasteiger partial charge in [0.1, 0.15) is 0 Å². The topological polar surface area (TPSA) is 80.3 Å². The molecule has 2 aromatic rings. The lowest BCUT2D eigenvalue weighted by molar-refractivity contribution is 0.530. The van der Waals surface area contributed by atoms with E-state index in [1.807, 2.05) is 13.8 Å². The third-order valence-corrected chi connectivity index (χ3v) is 6.59. The van der Waals surface area contributed by atoms with Gasteiger partial charge in [0.2, 0.25) is 0 Å². The molecule has 0 saturated heterocycles. The average molecular weight is 401 g/mol. The fraction of sp³-hybridized carbons (Fsp3) is 0.250. The molecule has 0 bridgehead atoms. The molecule has 0 spiro atoms. The first-order valence-corrected chi connectivity index (χ1v) is 11.9. The monoisotopic (exact) mass is 400 g/mol. The van der Waals surface area contributed by atoms with Crippen molar-refractivity contribution in [3.8, 4) is 0 Å². The molecule has 0 radical (unpaired) electrons. The normalized spacial score (nSPS) is 16.3. The smallest absolute Gasteiger partial charge is 0.0313 e. The second-order valence-electron chi connectivity index (χ2n) is 5.63. The van der Waals surface area contributed by atoms with Gasteiger partial charge in [0, 0.05) is 9.79 Å². The van der Waals surface area contributed by atoms with Gasteiger partial charge in [0.05, 0.1) is 0 Å². The Bertz CT molecular complexity index is 896. The van der Waals surface area contributed by atoms with Gasteiger partial charge in [-0.1, -0.05) is 35.4 Å². The van der Waals surface area contributed by atoms with E-state index in [-0.39, 0.29) is 9.79 Å². The van der Waals surface area contributed by atoms with Crippen molar-refractivity contribution in [2.24, 2.45) is 0 Å². The van der Waals surface area contributed by atoms with E-state index in [2.05, 4.69) is 22.4 Å². The molecule has 0 aliphatic heterocycles. The number of benzene rings is 2. The summed E-state index contributed by atoms with van der Waals surface area (Å²) in [7, 11) is -7.51. The van der Waals surface area contributed by atoms with Gasteiger partial charge < -0.3 is 9.11 Å². The zero-order valence-electron chi connectivity index (χ0n) is 13.1. The molecule has 0 fully saturated rings. The first-order chi connectivity index (χ1) is 11.0. The van der Waals surface area contributed by atoms with Gasteiger partial charge in [-0.2, -0.15) is 0 Å². The molecular formula is C16H16O4S4-2. The average Bonchev–Trinajstić information content (AvgIpc) is 2.42. The number of aryl methyl sites for hydroxylation is 4. The summed E-state index contributed by atoms with van der Waals surface area (Å²) in [6.07, 6.45) is 0.711. The Hall–Kier alpha value is -0.900. The van der Waals surface area contributed by atoms with Gasteiger partial charge in [-0.15, -0.1) is 0 Å². The van der Waals surface area contributed by atoms with Crippen LogP contribution in [0.5, 0.6) is 0 Å². The SMILES string of the molecule is Cc1ccc(S(=O)([O-])=S)c(CCc2cc(C)ccc2S(=O)([O-])=S)c1. The van der Waals surface area contributed by atoms with Crippen molar-refractivity contribution in [2.75, 3.05) is 0 Å². The van der Waals surface area contributed by atoms with E-state index in [9.17, 15) is 17.5 Å². The molecule has 2 atom stereocenters. The molecule has 0 heterocycles. The maximum atomic E-state index is 11.8. The molecule has 4 nitrogen and oxygen atoms in total. The fourth-order valence-corrected chi connectivity index (χ4v) is 4.97. The van der Waals surface area contributed by atoms with Gasteiger partial charge in [0.25, 0.3) is 0 Å². The molecule has 8 heteroatoms. The van der Waals surface area contributed by atoms with Crippen LogP contribution in [0.4, 0.5) is 0 Å². The molecule has 0 amide bonds. The summed E-state index contributed by atoms with van der Waals surface area (Å²) >= 11 is 9.16. The predicted molar refractivity (Wildman–Crippen MR) is 98.9 cm³/mol. The zero-order chi connectivity index (χ0) is 18.1. The molecule has 0 saturated carbocycles. The molecule has 130 valence electrons. The lowest BCUT2D eigenvalue weighted by atomic mass is 10.0. The van der Waals surface area contributed by atoms with Crippen LogP contribution in [0.15, 0.2) is 46.2 Å². The molecule has 0 aromatic heterocycles. The van der Waals surface area contributed by atoms with Crippen molar-refractivity contribution in [2.45, 2.75) is 36.5 Å². The Kier molecular flexibility index (Phi) is 5.79. The summed E-state index contributed by atoms with van der Waals surface area (Å²) in [5.74, 6) is 0. The maximum Gasteiger partial charge on any atom is 0.0313 e. The van der Waals surface area contributed by atoms with Crippen LogP contribution in [0.2, 0.25) is 0 Å². The number of rotatable bonds is 5. The van der Waals surface area contributed by atoms with Gasteiger partial charge in [-0.05, 0) is 89.9 Å². The molecule has 0 aliphatic carbocycles. The van der Waals surface area contributed by atoms with Crippen LogP contribution in [0.3, 0.4) is 0 Å². The first-order valence-electron chi connectivity index (χ1n) is 7.09. The highest BCUT2D eigenvalue weighted by Gasteiger charge is 2.11. The number of hydrogen-bond donors (Lipinski definition) is 0. The Labute approximate surface area is 152 Å². The number of hydrogen-bond acceptors (Lipinski definition) is 6.